The first-order valence-corrected chi connectivity index (χ1v) is 5.11. The second-order valence-electron chi connectivity index (χ2n) is 3.40. The van der Waals surface area contributed by atoms with E-state index in [9.17, 15) is 4.39 Å². The van der Waals surface area contributed by atoms with Crippen LogP contribution in [0.25, 0.3) is 0 Å². The SMILES string of the molecule is CCc1cccc(Nc2cc(F)ncn2)c1. The van der Waals surface area contributed by atoms with Gasteiger partial charge in [0.2, 0.25) is 5.95 Å². The van der Waals surface area contributed by atoms with Gasteiger partial charge in [-0.2, -0.15) is 4.39 Å². The molecule has 0 amide bonds. The molecule has 2 aromatic rings. The summed E-state index contributed by atoms with van der Waals surface area (Å²) < 4.78 is 12.8. The maximum atomic E-state index is 12.8. The molecule has 0 aliphatic rings. The summed E-state index contributed by atoms with van der Waals surface area (Å²) in [5, 5.41) is 3.03. The molecule has 1 aromatic heterocycles. The molecule has 0 saturated carbocycles. The van der Waals surface area contributed by atoms with Crippen LogP contribution in [-0.2, 0) is 6.42 Å². The van der Waals surface area contributed by atoms with Crippen molar-refractivity contribution in [1.29, 1.82) is 0 Å². The van der Waals surface area contributed by atoms with Crippen LogP contribution in [0.4, 0.5) is 15.9 Å². The molecule has 0 fully saturated rings. The lowest BCUT2D eigenvalue weighted by Crippen LogP contribution is -1.96. The predicted molar refractivity (Wildman–Crippen MR) is 61.1 cm³/mol. The van der Waals surface area contributed by atoms with Crippen molar-refractivity contribution >= 4 is 11.5 Å². The average Bonchev–Trinajstić information content (AvgIpc) is 2.29. The van der Waals surface area contributed by atoms with Gasteiger partial charge in [0.05, 0.1) is 0 Å². The summed E-state index contributed by atoms with van der Waals surface area (Å²) in [6.07, 6.45) is 2.16. The lowest BCUT2D eigenvalue weighted by atomic mass is 10.1. The minimum absolute atomic E-state index is 0.459. The third-order valence-electron chi connectivity index (χ3n) is 2.24. The Kier molecular flexibility index (Phi) is 3.10. The molecule has 0 aliphatic carbocycles. The van der Waals surface area contributed by atoms with Gasteiger partial charge in [-0.3, -0.25) is 0 Å². The van der Waals surface area contributed by atoms with E-state index in [4.69, 9.17) is 0 Å². The van der Waals surface area contributed by atoms with E-state index in [1.807, 2.05) is 24.3 Å². The second-order valence-corrected chi connectivity index (χ2v) is 3.40. The standard InChI is InChI=1S/C12H12FN3/c1-2-9-4-3-5-10(6-9)16-12-7-11(13)14-8-15-12/h3-8H,2H2,1H3,(H,14,15,16). The fourth-order valence-electron chi connectivity index (χ4n) is 1.42. The van der Waals surface area contributed by atoms with Gasteiger partial charge in [-0.25, -0.2) is 9.97 Å². The highest BCUT2D eigenvalue weighted by Gasteiger charge is 1.99. The smallest absolute Gasteiger partial charge is 0.218 e. The molecule has 0 radical (unpaired) electrons. The normalized spacial score (nSPS) is 10.1. The number of benzene rings is 1. The van der Waals surface area contributed by atoms with E-state index in [-0.39, 0.29) is 0 Å². The third kappa shape index (κ3) is 2.53. The lowest BCUT2D eigenvalue weighted by molar-refractivity contribution is 0.580. The van der Waals surface area contributed by atoms with Gasteiger partial charge in [-0.1, -0.05) is 19.1 Å². The number of hydrogen-bond donors (Lipinski definition) is 1. The summed E-state index contributed by atoms with van der Waals surface area (Å²) >= 11 is 0. The van der Waals surface area contributed by atoms with Crippen molar-refractivity contribution in [2.24, 2.45) is 0 Å². The van der Waals surface area contributed by atoms with Crippen LogP contribution in [-0.4, -0.2) is 9.97 Å². The van der Waals surface area contributed by atoms with Crippen LogP contribution in [0.15, 0.2) is 36.7 Å². The van der Waals surface area contributed by atoms with Crippen LogP contribution in [0, 0.1) is 5.95 Å². The molecular formula is C12H12FN3. The number of rotatable bonds is 3. The molecule has 0 bridgehead atoms. The molecule has 3 nitrogen and oxygen atoms in total. The summed E-state index contributed by atoms with van der Waals surface area (Å²) in [7, 11) is 0. The Balaban J connectivity index is 2.20. The molecule has 1 heterocycles. The predicted octanol–water partition coefficient (Wildman–Crippen LogP) is 2.92. The van der Waals surface area contributed by atoms with Crippen molar-refractivity contribution in [2.45, 2.75) is 13.3 Å². The highest BCUT2D eigenvalue weighted by Crippen LogP contribution is 2.16. The largest absolute Gasteiger partial charge is 0.340 e. The number of hydrogen-bond acceptors (Lipinski definition) is 3. The number of halogens is 1. The topological polar surface area (TPSA) is 37.8 Å². The minimum Gasteiger partial charge on any atom is -0.340 e. The van der Waals surface area contributed by atoms with E-state index < -0.39 is 5.95 Å². The molecule has 82 valence electrons. The first-order valence-electron chi connectivity index (χ1n) is 5.11. The van der Waals surface area contributed by atoms with Crippen LogP contribution in [0.3, 0.4) is 0 Å². The van der Waals surface area contributed by atoms with Gasteiger partial charge in [-0.15, -0.1) is 0 Å². The highest BCUT2D eigenvalue weighted by molar-refractivity contribution is 5.56. The van der Waals surface area contributed by atoms with Crippen LogP contribution >= 0.6 is 0 Å². The van der Waals surface area contributed by atoms with Crippen molar-refractivity contribution in [1.82, 2.24) is 9.97 Å². The maximum Gasteiger partial charge on any atom is 0.218 e. The average molecular weight is 217 g/mol. The van der Waals surface area contributed by atoms with Gasteiger partial charge in [0.1, 0.15) is 12.1 Å². The molecule has 4 heteroatoms. The van der Waals surface area contributed by atoms with E-state index in [0.717, 1.165) is 12.1 Å². The van der Waals surface area contributed by atoms with Gasteiger partial charge in [0.25, 0.3) is 0 Å². The number of nitrogens with zero attached hydrogens (tertiary/aromatic N) is 2. The molecule has 1 aromatic carbocycles. The van der Waals surface area contributed by atoms with Crippen LogP contribution in [0.1, 0.15) is 12.5 Å². The van der Waals surface area contributed by atoms with Crippen LogP contribution < -0.4 is 5.32 Å². The quantitative estimate of drug-likeness (QED) is 0.803. The van der Waals surface area contributed by atoms with Crippen LogP contribution in [0.2, 0.25) is 0 Å². The zero-order valence-electron chi connectivity index (χ0n) is 8.94. The van der Waals surface area contributed by atoms with E-state index in [2.05, 4.69) is 22.2 Å². The Morgan fingerprint density at radius 3 is 2.88 bits per heavy atom. The molecule has 0 unspecified atom stereocenters. The van der Waals surface area contributed by atoms with Crippen molar-refractivity contribution in [3.05, 3.63) is 48.2 Å². The van der Waals surface area contributed by atoms with Gasteiger partial charge in [-0.05, 0) is 24.1 Å². The Hall–Kier alpha value is -1.97. The molecule has 1 N–H and O–H groups in total. The van der Waals surface area contributed by atoms with Crippen LogP contribution in [0.5, 0.6) is 0 Å². The fraction of sp³-hybridized carbons (Fsp3) is 0.167. The maximum absolute atomic E-state index is 12.8. The van der Waals surface area contributed by atoms with Crippen molar-refractivity contribution in [3.63, 3.8) is 0 Å². The highest BCUT2D eigenvalue weighted by atomic mass is 19.1. The zero-order valence-corrected chi connectivity index (χ0v) is 8.94. The monoisotopic (exact) mass is 217 g/mol. The van der Waals surface area contributed by atoms with Gasteiger partial charge < -0.3 is 5.32 Å². The van der Waals surface area contributed by atoms with E-state index in [1.165, 1.54) is 18.0 Å². The summed E-state index contributed by atoms with van der Waals surface area (Å²) in [6, 6.07) is 9.20. The summed E-state index contributed by atoms with van der Waals surface area (Å²) in [5.74, 6) is -0.0788. The summed E-state index contributed by atoms with van der Waals surface area (Å²) in [4.78, 5) is 7.33. The molecule has 2 rings (SSSR count). The first kappa shape index (κ1) is 10.5. The molecule has 16 heavy (non-hydrogen) atoms. The number of anilines is 2. The van der Waals surface area contributed by atoms with Crippen molar-refractivity contribution < 1.29 is 4.39 Å². The first-order chi connectivity index (χ1) is 7.78. The van der Waals surface area contributed by atoms with Gasteiger partial charge in [0, 0.05) is 11.8 Å². The minimum atomic E-state index is -0.538. The summed E-state index contributed by atoms with van der Waals surface area (Å²) in [6.45, 7) is 2.09. The second kappa shape index (κ2) is 4.70. The van der Waals surface area contributed by atoms with E-state index in [0.29, 0.717) is 5.82 Å². The number of aryl methyl sites for hydroxylation is 1. The third-order valence-corrected chi connectivity index (χ3v) is 2.24. The summed E-state index contributed by atoms with van der Waals surface area (Å²) in [5.41, 5.74) is 2.12. The van der Waals surface area contributed by atoms with E-state index in [1.54, 1.807) is 0 Å². The number of aromatic nitrogens is 2. The fourth-order valence-corrected chi connectivity index (χ4v) is 1.42. The van der Waals surface area contributed by atoms with Crippen molar-refractivity contribution in [2.75, 3.05) is 5.32 Å². The van der Waals surface area contributed by atoms with Gasteiger partial charge in [0.15, 0.2) is 0 Å². The molecule has 0 saturated heterocycles. The van der Waals surface area contributed by atoms with E-state index >= 15 is 0 Å². The Morgan fingerprint density at radius 2 is 2.12 bits per heavy atom. The number of nitrogens with one attached hydrogen (secondary N) is 1. The Bertz CT molecular complexity index is 485. The Labute approximate surface area is 93.4 Å². The van der Waals surface area contributed by atoms with Gasteiger partial charge >= 0.3 is 0 Å². The zero-order chi connectivity index (χ0) is 11.4. The Morgan fingerprint density at radius 1 is 1.25 bits per heavy atom. The lowest BCUT2D eigenvalue weighted by Gasteiger charge is -2.06. The molecule has 0 aliphatic heterocycles. The molecular weight excluding hydrogens is 205 g/mol. The molecule has 0 spiro atoms. The molecule has 0 atom stereocenters. The van der Waals surface area contributed by atoms with Crippen molar-refractivity contribution in [3.8, 4) is 0 Å².